The standard InChI is InChI=1S/C25H25BrN4O/c1-15-23(28)30-25(29-15)22-12-17(19-9-16(14-27)10-20(26)11-19)3-4-18(22)13-24(25)7-5-21(31-2)6-8-24/h3-4,9-12,21H,5-8,13H2,1-2H3,(H2,28,30)/t21?,24?,25-/m1/s1. The van der Waals surface area contributed by atoms with Crippen molar-refractivity contribution >= 4 is 27.5 Å². The number of nitriles is 1. The molecule has 0 bridgehead atoms. The number of aliphatic imine (C=N–C) groups is 2. The second-order valence-corrected chi connectivity index (χ2v) is 9.89. The van der Waals surface area contributed by atoms with E-state index in [0.29, 0.717) is 17.5 Å². The Balaban J connectivity index is 1.65. The minimum atomic E-state index is -0.657. The Morgan fingerprint density at radius 1 is 1.13 bits per heavy atom. The molecule has 5 nitrogen and oxygen atoms in total. The first-order chi connectivity index (χ1) is 14.9. The Kier molecular flexibility index (Phi) is 4.80. The zero-order chi connectivity index (χ0) is 21.8. The highest BCUT2D eigenvalue weighted by atomic mass is 79.9. The van der Waals surface area contributed by atoms with Crippen LogP contribution in [-0.2, 0) is 16.8 Å². The van der Waals surface area contributed by atoms with Crippen molar-refractivity contribution in [3.05, 3.63) is 57.6 Å². The van der Waals surface area contributed by atoms with Crippen LogP contribution in [0.4, 0.5) is 0 Å². The Morgan fingerprint density at radius 3 is 2.55 bits per heavy atom. The second-order valence-electron chi connectivity index (χ2n) is 8.97. The number of ether oxygens (including phenoxy) is 1. The quantitative estimate of drug-likeness (QED) is 0.653. The third-order valence-corrected chi connectivity index (χ3v) is 7.78. The van der Waals surface area contributed by atoms with Crippen molar-refractivity contribution < 1.29 is 4.74 Å². The van der Waals surface area contributed by atoms with Gasteiger partial charge in [-0.05, 0) is 80.0 Å². The Hall–Kier alpha value is -2.49. The second kappa shape index (κ2) is 7.29. The number of nitrogens with two attached hydrogens (primary N) is 1. The third kappa shape index (κ3) is 3.06. The van der Waals surface area contributed by atoms with E-state index in [1.54, 1.807) is 7.11 Å². The van der Waals surface area contributed by atoms with Crippen LogP contribution in [0.3, 0.4) is 0 Å². The van der Waals surface area contributed by atoms with Crippen LogP contribution in [0.25, 0.3) is 11.1 Å². The van der Waals surface area contributed by atoms with E-state index in [0.717, 1.165) is 59.0 Å². The Bertz CT molecular complexity index is 1150. The SMILES string of the molecule is COC1CCC2(CC1)Cc1ccc(-c3cc(Br)cc(C#N)c3)cc1[C@]21N=C(C)C(N)=N1. The van der Waals surface area contributed by atoms with Crippen molar-refractivity contribution in [1.29, 1.82) is 5.26 Å². The molecule has 1 fully saturated rings. The molecule has 1 saturated carbocycles. The zero-order valence-corrected chi connectivity index (χ0v) is 19.4. The molecular formula is C25H25BrN4O. The molecular weight excluding hydrogens is 452 g/mol. The molecule has 0 unspecified atom stereocenters. The third-order valence-electron chi connectivity index (χ3n) is 7.32. The summed E-state index contributed by atoms with van der Waals surface area (Å²) in [5.74, 6) is 0.542. The first kappa shape index (κ1) is 20.4. The van der Waals surface area contributed by atoms with Crippen molar-refractivity contribution in [2.24, 2.45) is 21.1 Å². The van der Waals surface area contributed by atoms with Gasteiger partial charge in [-0.1, -0.05) is 28.1 Å². The number of halogens is 1. The van der Waals surface area contributed by atoms with Crippen LogP contribution in [0.2, 0.25) is 0 Å². The van der Waals surface area contributed by atoms with Gasteiger partial charge in [-0.15, -0.1) is 0 Å². The number of benzene rings is 2. The molecule has 5 rings (SSSR count). The van der Waals surface area contributed by atoms with E-state index < -0.39 is 5.66 Å². The molecule has 2 aliphatic carbocycles. The number of methoxy groups -OCH3 is 1. The molecule has 1 atom stereocenters. The maximum atomic E-state index is 9.39. The predicted molar refractivity (Wildman–Crippen MR) is 126 cm³/mol. The monoisotopic (exact) mass is 476 g/mol. The highest BCUT2D eigenvalue weighted by molar-refractivity contribution is 9.10. The van der Waals surface area contributed by atoms with E-state index in [2.05, 4.69) is 40.2 Å². The molecule has 2 N–H and O–H groups in total. The molecule has 1 heterocycles. The first-order valence-corrected chi connectivity index (χ1v) is 11.5. The average molecular weight is 477 g/mol. The van der Waals surface area contributed by atoms with Crippen LogP contribution in [-0.4, -0.2) is 24.8 Å². The number of fused-ring (bicyclic) bond motifs is 3. The number of hydrogen-bond acceptors (Lipinski definition) is 5. The van der Waals surface area contributed by atoms with Gasteiger partial charge in [-0.3, -0.25) is 4.99 Å². The molecule has 0 radical (unpaired) electrons. The predicted octanol–water partition coefficient (Wildman–Crippen LogP) is 5.10. The lowest BCUT2D eigenvalue weighted by atomic mass is 9.65. The van der Waals surface area contributed by atoms with Crippen LogP contribution in [0, 0.1) is 16.7 Å². The van der Waals surface area contributed by atoms with Gasteiger partial charge >= 0.3 is 0 Å². The van der Waals surface area contributed by atoms with E-state index in [-0.39, 0.29) is 5.41 Å². The topological polar surface area (TPSA) is 83.8 Å². The van der Waals surface area contributed by atoms with Crippen molar-refractivity contribution in [3.8, 4) is 17.2 Å². The first-order valence-electron chi connectivity index (χ1n) is 10.7. The van der Waals surface area contributed by atoms with Gasteiger partial charge in [0.15, 0.2) is 5.66 Å². The lowest BCUT2D eigenvalue weighted by Gasteiger charge is -2.44. The summed E-state index contributed by atoms with van der Waals surface area (Å²) >= 11 is 3.54. The van der Waals surface area contributed by atoms with Crippen LogP contribution in [0.15, 0.2) is 50.9 Å². The molecule has 31 heavy (non-hydrogen) atoms. The highest BCUT2D eigenvalue weighted by Gasteiger charge is 2.60. The normalized spacial score (nSPS) is 29.0. The van der Waals surface area contributed by atoms with E-state index in [9.17, 15) is 5.26 Å². The molecule has 0 aromatic heterocycles. The Morgan fingerprint density at radius 2 is 1.90 bits per heavy atom. The van der Waals surface area contributed by atoms with Gasteiger partial charge in [0.1, 0.15) is 5.84 Å². The summed E-state index contributed by atoms with van der Waals surface area (Å²) in [4.78, 5) is 10.2. The van der Waals surface area contributed by atoms with E-state index in [1.165, 1.54) is 5.56 Å². The van der Waals surface area contributed by atoms with Gasteiger partial charge in [0.25, 0.3) is 0 Å². The summed E-state index contributed by atoms with van der Waals surface area (Å²) in [6.45, 7) is 1.96. The number of amidine groups is 1. The molecule has 2 aromatic carbocycles. The molecule has 1 aliphatic heterocycles. The number of nitrogens with zero attached hydrogens (tertiary/aromatic N) is 3. The minimum absolute atomic E-state index is 0.0690. The van der Waals surface area contributed by atoms with Gasteiger partial charge in [0.05, 0.1) is 23.4 Å². The molecule has 6 heteroatoms. The average Bonchev–Trinajstić information content (AvgIpc) is 3.21. The van der Waals surface area contributed by atoms with E-state index in [1.807, 2.05) is 25.1 Å². The van der Waals surface area contributed by atoms with Crippen LogP contribution < -0.4 is 5.73 Å². The van der Waals surface area contributed by atoms with Crippen LogP contribution >= 0.6 is 15.9 Å². The molecule has 0 amide bonds. The van der Waals surface area contributed by atoms with Crippen molar-refractivity contribution in [1.82, 2.24) is 0 Å². The van der Waals surface area contributed by atoms with Crippen molar-refractivity contribution in [2.45, 2.75) is 50.8 Å². The van der Waals surface area contributed by atoms with Crippen LogP contribution in [0.5, 0.6) is 0 Å². The highest BCUT2D eigenvalue weighted by Crippen LogP contribution is 2.62. The van der Waals surface area contributed by atoms with Gasteiger partial charge in [0.2, 0.25) is 0 Å². The number of hydrogen-bond donors (Lipinski definition) is 1. The van der Waals surface area contributed by atoms with Gasteiger partial charge < -0.3 is 10.5 Å². The molecule has 0 saturated heterocycles. The largest absolute Gasteiger partial charge is 0.382 e. The summed E-state index contributed by atoms with van der Waals surface area (Å²) in [5.41, 5.74) is 11.5. The molecule has 2 spiro atoms. The van der Waals surface area contributed by atoms with E-state index >= 15 is 0 Å². The van der Waals surface area contributed by atoms with Gasteiger partial charge in [0, 0.05) is 22.6 Å². The van der Waals surface area contributed by atoms with Gasteiger partial charge in [-0.2, -0.15) is 5.26 Å². The lowest BCUT2D eigenvalue weighted by molar-refractivity contribution is -0.000372. The maximum Gasteiger partial charge on any atom is 0.184 e. The molecule has 2 aromatic rings. The fourth-order valence-electron chi connectivity index (χ4n) is 5.67. The number of rotatable bonds is 2. The summed E-state index contributed by atoms with van der Waals surface area (Å²) in [5, 5.41) is 9.39. The summed E-state index contributed by atoms with van der Waals surface area (Å²) < 4.78 is 6.54. The van der Waals surface area contributed by atoms with Crippen molar-refractivity contribution in [3.63, 3.8) is 0 Å². The lowest BCUT2D eigenvalue weighted by Crippen LogP contribution is -2.43. The minimum Gasteiger partial charge on any atom is -0.382 e. The molecule has 3 aliphatic rings. The van der Waals surface area contributed by atoms with E-state index in [4.69, 9.17) is 20.5 Å². The summed E-state index contributed by atoms with van der Waals surface area (Å²) in [6, 6.07) is 14.6. The fraction of sp³-hybridized carbons (Fsp3) is 0.400. The zero-order valence-electron chi connectivity index (χ0n) is 17.8. The Labute approximate surface area is 191 Å². The fourth-order valence-corrected chi connectivity index (χ4v) is 6.17. The smallest absolute Gasteiger partial charge is 0.184 e. The van der Waals surface area contributed by atoms with Crippen molar-refractivity contribution in [2.75, 3.05) is 7.11 Å². The summed E-state index contributed by atoms with van der Waals surface area (Å²) in [6.07, 6.45) is 5.31. The maximum absolute atomic E-state index is 9.39. The summed E-state index contributed by atoms with van der Waals surface area (Å²) in [7, 11) is 1.80. The van der Waals surface area contributed by atoms with Crippen LogP contribution in [0.1, 0.15) is 49.3 Å². The molecule has 158 valence electrons. The van der Waals surface area contributed by atoms with Gasteiger partial charge in [-0.25, -0.2) is 4.99 Å².